The highest BCUT2D eigenvalue weighted by Gasteiger charge is 1.89. The summed E-state index contributed by atoms with van der Waals surface area (Å²) in [4.78, 5) is 43.4. The van der Waals surface area contributed by atoms with Crippen molar-refractivity contribution in [3.05, 3.63) is 0 Å². The van der Waals surface area contributed by atoms with Gasteiger partial charge >= 0.3 is 17.2 Å². The van der Waals surface area contributed by atoms with Crippen LogP contribution < -0.4 is 0 Å². The predicted molar refractivity (Wildman–Crippen MR) is 80.1 cm³/mol. The Morgan fingerprint density at radius 2 is 0.632 bits per heavy atom. The monoisotopic (exact) mass is 320 g/mol. The van der Waals surface area contributed by atoms with Crippen LogP contribution in [-0.2, 0) is 0 Å². The van der Waals surface area contributed by atoms with E-state index in [2.05, 4.69) is 13.8 Å². The van der Waals surface area contributed by atoms with Crippen LogP contribution in [0.5, 0.6) is 0 Å². The van der Waals surface area contributed by atoms with Gasteiger partial charge in [-0.15, -0.1) is 0 Å². The van der Waals surface area contributed by atoms with E-state index in [1.54, 1.807) is 0 Å². The van der Waals surface area contributed by atoms with Crippen LogP contribution in [-0.4, -0.2) is 29.4 Å². The molecular weight excluding hydrogens is 290 g/mol. The van der Waals surface area contributed by atoms with Gasteiger partial charge in [0.05, 0.1) is 0 Å². The molecule has 0 rings (SSSR count). The maximum Gasteiger partial charge on any atom is 0.324 e. The Morgan fingerprint density at radius 1 is 0.474 bits per heavy atom. The maximum absolute atomic E-state index is 7.23. The normalized spacial score (nSPS) is 9.79. The van der Waals surface area contributed by atoms with Crippen molar-refractivity contribution in [3.63, 3.8) is 0 Å². The summed E-state index contributed by atoms with van der Waals surface area (Å²) in [5.74, 6) is 0. The summed E-state index contributed by atoms with van der Waals surface area (Å²) in [6, 6.07) is 0. The van der Waals surface area contributed by atoms with Crippen LogP contribution in [0.3, 0.4) is 0 Å². The molecule has 0 aliphatic rings. The molecule has 19 heavy (non-hydrogen) atoms. The van der Waals surface area contributed by atoms with Crippen molar-refractivity contribution in [1.29, 1.82) is 0 Å². The van der Waals surface area contributed by atoms with E-state index < -0.39 is 17.2 Å². The Kier molecular flexibility index (Phi) is 30.7. The Labute approximate surface area is 119 Å². The lowest BCUT2D eigenvalue weighted by atomic mass is 10.1. The molecule has 6 nitrogen and oxygen atoms in total. The quantitative estimate of drug-likeness (QED) is 0.302. The van der Waals surface area contributed by atoms with E-state index in [0.717, 1.165) is 0 Å². The summed E-state index contributed by atoms with van der Waals surface area (Å²) in [5, 5.41) is 0. The van der Waals surface area contributed by atoms with Crippen LogP contribution in [0, 0.1) is 0 Å². The first kappa shape index (κ1) is 24.6. The van der Waals surface area contributed by atoms with Gasteiger partial charge in [-0.3, -0.25) is 0 Å². The van der Waals surface area contributed by atoms with E-state index in [1.165, 1.54) is 57.8 Å². The molecule has 0 aromatic carbocycles. The fraction of sp³-hybridized carbons (Fsp3) is 1.00. The average Bonchev–Trinajstić information content (AvgIpc) is 2.26. The van der Waals surface area contributed by atoms with Crippen LogP contribution in [0.4, 0.5) is 0 Å². The lowest BCUT2D eigenvalue weighted by Crippen LogP contribution is -1.79. The third-order valence-electron chi connectivity index (χ3n) is 2.21. The third-order valence-corrected chi connectivity index (χ3v) is 2.21. The lowest BCUT2D eigenvalue weighted by molar-refractivity contribution is 0.366. The highest BCUT2D eigenvalue weighted by molar-refractivity contribution is 7.38. The van der Waals surface area contributed by atoms with E-state index in [1.807, 2.05) is 0 Å². The van der Waals surface area contributed by atoms with Crippen molar-refractivity contribution in [2.24, 2.45) is 0 Å². The molecule has 0 atom stereocenters. The first-order valence-electron chi connectivity index (χ1n) is 6.61. The van der Waals surface area contributed by atoms with E-state index in [9.17, 15) is 0 Å². The molecule has 0 fully saturated rings. The van der Waals surface area contributed by atoms with Gasteiger partial charge in [0.15, 0.2) is 0 Å². The molecule has 0 bridgehead atoms. The second kappa shape index (κ2) is 23.7. The summed E-state index contributed by atoms with van der Waals surface area (Å²) >= 11 is 0. The van der Waals surface area contributed by atoms with Gasteiger partial charge in [0.2, 0.25) is 0 Å². The molecule has 8 heteroatoms. The predicted octanol–water partition coefficient (Wildman–Crippen LogP) is 2.92. The van der Waals surface area contributed by atoms with E-state index >= 15 is 0 Å². The molecule has 0 saturated carbocycles. The fourth-order valence-electron chi connectivity index (χ4n) is 1.38. The highest BCUT2D eigenvalue weighted by Crippen LogP contribution is 2.12. The number of hydrogen-bond donors (Lipinski definition) is 6. The van der Waals surface area contributed by atoms with Gasteiger partial charge in [0, 0.05) is 0 Å². The molecule has 0 aliphatic heterocycles. The topological polar surface area (TPSA) is 121 Å². The first-order valence-corrected chi connectivity index (χ1v) is 9.01. The van der Waals surface area contributed by atoms with Crippen LogP contribution in [0.25, 0.3) is 0 Å². The van der Waals surface area contributed by atoms with Gasteiger partial charge in [0.1, 0.15) is 0 Å². The van der Waals surface area contributed by atoms with E-state index in [4.69, 9.17) is 29.4 Å². The highest BCUT2D eigenvalue weighted by atomic mass is 31.2. The zero-order chi connectivity index (χ0) is 15.5. The molecule has 0 amide bonds. The van der Waals surface area contributed by atoms with Crippen LogP contribution >= 0.6 is 17.2 Å². The molecule has 6 N–H and O–H groups in total. The summed E-state index contributed by atoms with van der Waals surface area (Å²) < 4.78 is 0. The van der Waals surface area contributed by atoms with Gasteiger partial charge in [-0.1, -0.05) is 71.6 Å². The van der Waals surface area contributed by atoms with E-state index in [0.29, 0.717) is 0 Å². The summed E-state index contributed by atoms with van der Waals surface area (Å²) in [6.07, 6.45) is 13.0. The van der Waals surface area contributed by atoms with Gasteiger partial charge in [-0.2, -0.15) is 0 Å². The van der Waals surface area contributed by atoms with Crippen LogP contribution in [0.1, 0.15) is 71.6 Å². The van der Waals surface area contributed by atoms with Gasteiger partial charge in [-0.25, -0.2) is 0 Å². The van der Waals surface area contributed by atoms with Crippen molar-refractivity contribution in [2.75, 3.05) is 0 Å². The molecule has 0 aromatic heterocycles. The Bertz CT molecular complexity index is 119. The second-order valence-corrected chi connectivity index (χ2v) is 5.08. The molecule has 0 aliphatic carbocycles. The molecule has 0 saturated heterocycles. The summed E-state index contributed by atoms with van der Waals surface area (Å²) in [6.45, 7) is 4.55. The minimum Gasteiger partial charge on any atom is -0.328 e. The molecule has 0 radical (unpaired) electrons. The third kappa shape index (κ3) is 69.2. The molecule has 0 unspecified atom stereocenters. The number of unbranched alkanes of at least 4 members (excludes halogenated alkanes) is 8. The SMILES string of the molecule is CCCCCCCCCCC.OP(O)O.OP(O)O. The smallest absolute Gasteiger partial charge is 0.324 e. The molecular formula is C11H30O6P2. The number of hydrogen-bond acceptors (Lipinski definition) is 6. The first-order chi connectivity index (χ1) is 8.88. The van der Waals surface area contributed by atoms with Crippen LogP contribution in [0.15, 0.2) is 0 Å². The largest absolute Gasteiger partial charge is 0.328 e. The Balaban J connectivity index is -0.000000264. The van der Waals surface area contributed by atoms with Crippen LogP contribution in [0.2, 0.25) is 0 Å². The molecule has 0 spiro atoms. The fourth-order valence-corrected chi connectivity index (χ4v) is 1.38. The standard InChI is InChI=1S/C11H24.2H3O3P/c1-3-5-7-9-11-10-8-6-4-2;2*1-4(2)3/h3-11H2,1-2H3;2*1-3H. The van der Waals surface area contributed by atoms with Crippen molar-refractivity contribution in [2.45, 2.75) is 71.6 Å². The van der Waals surface area contributed by atoms with Gasteiger partial charge < -0.3 is 29.4 Å². The van der Waals surface area contributed by atoms with Crippen molar-refractivity contribution in [1.82, 2.24) is 0 Å². The van der Waals surface area contributed by atoms with Gasteiger partial charge in [0.25, 0.3) is 0 Å². The maximum atomic E-state index is 7.23. The molecule has 0 heterocycles. The summed E-state index contributed by atoms with van der Waals surface area (Å²) in [7, 11) is -5.24. The van der Waals surface area contributed by atoms with Crippen molar-refractivity contribution < 1.29 is 29.4 Å². The molecule has 0 aromatic rings. The number of rotatable bonds is 8. The molecule has 120 valence electrons. The Hall–Kier alpha value is 0.620. The van der Waals surface area contributed by atoms with E-state index in [-0.39, 0.29) is 0 Å². The van der Waals surface area contributed by atoms with Gasteiger partial charge in [-0.05, 0) is 0 Å². The minimum atomic E-state index is -2.62. The zero-order valence-corrected chi connectivity index (χ0v) is 13.7. The zero-order valence-electron chi connectivity index (χ0n) is 11.9. The average molecular weight is 320 g/mol. The van der Waals surface area contributed by atoms with Crippen molar-refractivity contribution in [3.8, 4) is 0 Å². The Morgan fingerprint density at radius 3 is 0.789 bits per heavy atom. The second-order valence-electron chi connectivity index (χ2n) is 4.01. The minimum absolute atomic E-state index is 1.37. The van der Waals surface area contributed by atoms with Crippen molar-refractivity contribution >= 4 is 17.2 Å². The lowest BCUT2D eigenvalue weighted by Gasteiger charge is -1.98. The summed E-state index contributed by atoms with van der Waals surface area (Å²) in [5.41, 5.74) is 0.